The van der Waals surface area contributed by atoms with Crippen LogP contribution in [0.25, 0.3) is 0 Å². The molecule has 1 amide bonds. The number of benzene rings is 1. The van der Waals surface area contributed by atoms with Crippen molar-refractivity contribution in [2.75, 3.05) is 11.9 Å². The summed E-state index contributed by atoms with van der Waals surface area (Å²) in [5, 5.41) is 3.05. The molecule has 6 heteroatoms. The number of amides is 1. The zero-order chi connectivity index (χ0) is 14.5. The summed E-state index contributed by atoms with van der Waals surface area (Å²) in [7, 11) is 0. The van der Waals surface area contributed by atoms with Crippen LogP contribution in [-0.4, -0.2) is 30.7 Å². The molecule has 108 valence electrons. The molecule has 1 heterocycles. The van der Waals surface area contributed by atoms with Gasteiger partial charge >= 0.3 is 5.97 Å². The number of carbonyl (C=O) groups excluding carboxylic acids is 2. The summed E-state index contributed by atoms with van der Waals surface area (Å²) in [5.74, 6) is -0.922. The molecule has 1 N–H and O–H groups in total. The maximum Gasteiger partial charge on any atom is 0.336 e. The number of hydrogen-bond acceptors (Lipinski definition) is 4. The summed E-state index contributed by atoms with van der Waals surface area (Å²) in [5.41, 5.74) is 0.485. The van der Waals surface area contributed by atoms with Gasteiger partial charge in [-0.15, -0.1) is 0 Å². The Morgan fingerprint density at radius 1 is 1.45 bits per heavy atom. The summed E-state index contributed by atoms with van der Waals surface area (Å²) in [6, 6.07) is 6.86. The molecule has 0 aliphatic carbocycles. The summed E-state index contributed by atoms with van der Waals surface area (Å²) < 4.78 is 10.3. The van der Waals surface area contributed by atoms with Crippen molar-refractivity contribution >= 4 is 29.2 Å². The summed E-state index contributed by atoms with van der Waals surface area (Å²) in [4.78, 5) is 23.7. The Balaban J connectivity index is 1.88. The highest BCUT2D eigenvalue weighted by Gasteiger charge is 2.28. The number of anilines is 1. The molecule has 1 saturated heterocycles. The van der Waals surface area contributed by atoms with E-state index in [0.717, 1.165) is 6.42 Å². The van der Waals surface area contributed by atoms with E-state index in [1.807, 2.05) is 0 Å². The van der Waals surface area contributed by atoms with Crippen LogP contribution in [0.1, 0.15) is 19.8 Å². The van der Waals surface area contributed by atoms with Crippen LogP contribution in [-0.2, 0) is 19.1 Å². The number of carbonyl (C=O) groups is 2. The van der Waals surface area contributed by atoms with Gasteiger partial charge in [0.05, 0.1) is 10.7 Å². The molecule has 2 rings (SSSR count). The van der Waals surface area contributed by atoms with Crippen molar-refractivity contribution in [3.63, 3.8) is 0 Å². The quantitative estimate of drug-likeness (QED) is 0.867. The minimum atomic E-state index is -0.900. The van der Waals surface area contributed by atoms with E-state index in [-0.39, 0.29) is 0 Å². The number of esters is 1. The van der Waals surface area contributed by atoms with Crippen LogP contribution in [0.4, 0.5) is 5.69 Å². The lowest BCUT2D eigenvalue weighted by Gasteiger charge is -2.16. The minimum Gasteiger partial charge on any atom is -0.451 e. The Kier molecular flexibility index (Phi) is 4.98. The van der Waals surface area contributed by atoms with Crippen LogP contribution in [0.3, 0.4) is 0 Å². The molecule has 1 aliphatic heterocycles. The van der Waals surface area contributed by atoms with Gasteiger partial charge in [-0.1, -0.05) is 23.7 Å². The van der Waals surface area contributed by atoms with Gasteiger partial charge in [0.1, 0.15) is 0 Å². The molecule has 1 fully saturated rings. The van der Waals surface area contributed by atoms with Gasteiger partial charge in [-0.3, -0.25) is 4.79 Å². The van der Waals surface area contributed by atoms with Crippen LogP contribution in [0.2, 0.25) is 5.02 Å². The molecule has 1 aliphatic rings. The monoisotopic (exact) mass is 297 g/mol. The number of nitrogens with one attached hydrogen (secondary N) is 1. The summed E-state index contributed by atoms with van der Waals surface area (Å²) in [6.07, 6.45) is 0.0195. The van der Waals surface area contributed by atoms with E-state index < -0.39 is 24.1 Å². The zero-order valence-corrected chi connectivity index (χ0v) is 11.9. The van der Waals surface area contributed by atoms with Gasteiger partial charge < -0.3 is 14.8 Å². The van der Waals surface area contributed by atoms with Crippen molar-refractivity contribution in [1.29, 1.82) is 0 Å². The number of rotatable bonds is 4. The standard InChI is InChI=1S/C14H16ClNO4/c1-9(20-14(18)12-7-4-8-19-12)13(17)16-11-6-3-2-5-10(11)15/h2-3,5-6,9,12H,4,7-8H2,1H3,(H,16,17)/t9-,12-/m1/s1. The zero-order valence-electron chi connectivity index (χ0n) is 11.1. The average molecular weight is 298 g/mol. The molecule has 2 atom stereocenters. The number of halogens is 1. The van der Waals surface area contributed by atoms with E-state index in [4.69, 9.17) is 21.1 Å². The van der Waals surface area contributed by atoms with Gasteiger partial charge in [-0.25, -0.2) is 4.79 Å². The van der Waals surface area contributed by atoms with Gasteiger partial charge in [0, 0.05) is 6.61 Å². The average Bonchev–Trinajstić information content (AvgIpc) is 2.95. The predicted octanol–water partition coefficient (Wildman–Crippen LogP) is 2.39. The van der Waals surface area contributed by atoms with E-state index in [9.17, 15) is 9.59 Å². The molecule has 0 aromatic heterocycles. The largest absolute Gasteiger partial charge is 0.451 e. The molecular formula is C14H16ClNO4. The highest BCUT2D eigenvalue weighted by molar-refractivity contribution is 6.33. The van der Waals surface area contributed by atoms with Crippen LogP contribution in [0.5, 0.6) is 0 Å². The molecule has 0 radical (unpaired) electrons. The lowest BCUT2D eigenvalue weighted by atomic mass is 10.2. The van der Waals surface area contributed by atoms with Crippen molar-refractivity contribution in [3.8, 4) is 0 Å². The Labute approximate surface area is 122 Å². The third-order valence-electron chi connectivity index (χ3n) is 2.99. The lowest BCUT2D eigenvalue weighted by Crippen LogP contribution is -2.34. The molecule has 0 bridgehead atoms. The van der Waals surface area contributed by atoms with Crippen LogP contribution in [0.15, 0.2) is 24.3 Å². The van der Waals surface area contributed by atoms with E-state index in [0.29, 0.717) is 23.7 Å². The van der Waals surface area contributed by atoms with E-state index in [1.54, 1.807) is 24.3 Å². The van der Waals surface area contributed by atoms with Crippen molar-refractivity contribution < 1.29 is 19.1 Å². The number of hydrogen-bond donors (Lipinski definition) is 1. The molecule has 0 saturated carbocycles. The van der Waals surface area contributed by atoms with Gasteiger partial charge in [-0.2, -0.15) is 0 Å². The summed E-state index contributed by atoms with van der Waals surface area (Å²) in [6.45, 7) is 2.07. The fourth-order valence-electron chi connectivity index (χ4n) is 1.86. The van der Waals surface area contributed by atoms with Gasteiger partial charge in [0.25, 0.3) is 5.91 Å². The first-order valence-corrected chi connectivity index (χ1v) is 6.83. The third-order valence-corrected chi connectivity index (χ3v) is 3.32. The number of para-hydroxylation sites is 1. The highest BCUT2D eigenvalue weighted by atomic mass is 35.5. The van der Waals surface area contributed by atoms with Crippen molar-refractivity contribution in [3.05, 3.63) is 29.3 Å². The van der Waals surface area contributed by atoms with Crippen molar-refractivity contribution in [2.24, 2.45) is 0 Å². The molecular weight excluding hydrogens is 282 g/mol. The fraction of sp³-hybridized carbons (Fsp3) is 0.429. The second-order valence-corrected chi connectivity index (χ2v) is 4.96. The second-order valence-electron chi connectivity index (χ2n) is 4.55. The van der Waals surface area contributed by atoms with E-state index in [1.165, 1.54) is 6.92 Å². The van der Waals surface area contributed by atoms with Crippen LogP contribution < -0.4 is 5.32 Å². The molecule has 1 aromatic rings. The Bertz CT molecular complexity index is 500. The first-order chi connectivity index (χ1) is 9.58. The van der Waals surface area contributed by atoms with Crippen molar-refractivity contribution in [1.82, 2.24) is 0 Å². The first kappa shape index (κ1) is 14.8. The molecule has 0 spiro atoms. The Morgan fingerprint density at radius 3 is 2.85 bits per heavy atom. The predicted molar refractivity (Wildman–Crippen MR) is 74.6 cm³/mol. The van der Waals surface area contributed by atoms with Gasteiger partial charge in [0.2, 0.25) is 0 Å². The van der Waals surface area contributed by atoms with Crippen LogP contribution >= 0.6 is 11.6 Å². The topological polar surface area (TPSA) is 64.6 Å². The fourth-order valence-corrected chi connectivity index (χ4v) is 2.05. The lowest BCUT2D eigenvalue weighted by molar-refractivity contribution is -0.162. The molecule has 20 heavy (non-hydrogen) atoms. The maximum absolute atomic E-state index is 11.9. The van der Waals surface area contributed by atoms with Gasteiger partial charge in [0.15, 0.2) is 12.2 Å². The van der Waals surface area contributed by atoms with Crippen molar-refractivity contribution in [2.45, 2.75) is 32.0 Å². The Morgan fingerprint density at radius 2 is 2.20 bits per heavy atom. The first-order valence-electron chi connectivity index (χ1n) is 6.45. The van der Waals surface area contributed by atoms with Crippen LogP contribution in [0, 0.1) is 0 Å². The normalized spacial score (nSPS) is 19.4. The minimum absolute atomic E-state index is 0.426. The number of ether oxygens (including phenoxy) is 2. The SMILES string of the molecule is C[C@@H](OC(=O)[C@H]1CCCO1)C(=O)Nc1ccccc1Cl. The van der Waals surface area contributed by atoms with E-state index in [2.05, 4.69) is 5.32 Å². The molecule has 0 unspecified atom stereocenters. The molecule has 1 aromatic carbocycles. The van der Waals surface area contributed by atoms with E-state index >= 15 is 0 Å². The highest BCUT2D eigenvalue weighted by Crippen LogP contribution is 2.21. The third kappa shape index (κ3) is 3.71. The van der Waals surface area contributed by atoms with Gasteiger partial charge in [-0.05, 0) is 31.9 Å². The maximum atomic E-state index is 11.9. The smallest absolute Gasteiger partial charge is 0.336 e. The summed E-state index contributed by atoms with van der Waals surface area (Å²) >= 11 is 5.94. The Hall–Kier alpha value is -1.59. The molecule has 5 nitrogen and oxygen atoms in total. The second kappa shape index (κ2) is 6.72.